The van der Waals surface area contributed by atoms with Gasteiger partial charge in [-0.15, -0.1) is 7.05 Å². The standard InChI is InChI=1S/C10H22N3O.HI/c1-11-10(14)9-12-5-4-7-13(2,3)8-6-12;/h1,4-9,11H2,2-3H3;1H/q+1;/p-1. The van der Waals surface area contributed by atoms with Crippen molar-refractivity contribution in [1.82, 2.24) is 4.90 Å². The molecule has 1 rings (SSSR count). The number of halogens is 1. The van der Waals surface area contributed by atoms with Crippen LogP contribution in [0.1, 0.15) is 6.42 Å². The van der Waals surface area contributed by atoms with E-state index < -0.39 is 0 Å². The van der Waals surface area contributed by atoms with Gasteiger partial charge < -0.3 is 33.8 Å². The maximum absolute atomic E-state index is 11.2. The number of hydrogen-bond donors (Lipinski definition) is 1. The summed E-state index contributed by atoms with van der Waals surface area (Å²) in [6.07, 6.45) is 1.18. The van der Waals surface area contributed by atoms with Crippen LogP contribution >= 0.6 is 0 Å². The van der Waals surface area contributed by atoms with Crippen molar-refractivity contribution in [2.75, 3.05) is 46.8 Å². The van der Waals surface area contributed by atoms with Gasteiger partial charge >= 0.3 is 0 Å². The van der Waals surface area contributed by atoms with Gasteiger partial charge in [0, 0.05) is 19.5 Å². The Bertz CT molecular complexity index is 209. The third kappa shape index (κ3) is 5.79. The van der Waals surface area contributed by atoms with Crippen LogP contribution in [-0.4, -0.2) is 62.1 Å². The Kier molecular flexibility index (Phi) is 6.90. The van der Waals surface area contributed by atoms with Crippen molar-refractivity contribution in [3.8, 4) is 0 Å². The highest BCUT2D eigenvalue weighted by Gasteiger charge is 2.22. The molecule has 0 aromatic rings. The van der Waals surface area contributed by atoms with Crippen LogP contribution in [0.2, 0.25) is 0 Å². The Morgan fingerprint density at radius 2 is 2.07 bits per heavy atom. The first-order valence-electron chi connectivity index (χ1n) is 5.23. The molecule has 5 heteroatoms. The van der Waals surface area contributed by atoms with Crippen molar-refractivity contribution in [2.24, 2.45) is 0 Å². The minimum atomic E-state index is 0. The zero-order chi connectivity index (χ0) is 10.6. The third-order valence-electron chi connectivity index (χ3n) is 2.87. The van der Waals surface area contributed by atoms with Gasteiger partial charge in [0.25, 0.3) is 5.91 Å². The van der Waals surface area contributed by atoms with Gasteiger partial charge in [-0.3, -0.25) is 4.90 Å². The average molecular weight is 327 g/mol. The van der Waals surface area contributed by atoms with Gasteiger partial charge in [0.15, 0.2) is 0 Å². The molecule has 1 saturated heterocycles. The minimum Gasteiger partial charge on any atom is -1.00 e. The van der Waals surface area contributed by atoms with Crippen LogP contribution < -0.4 is 29.3 Å². The molecular formula is C10H22IN3O. The van der Waals surface area contributed by atoms with Crippen LogP contribution in [0.15, 0.2) is 0 Å². The summed E-state index contributed by atoms with van der Waals surface area (Å²) in [5, 5.41) is 1.42. The number of hydrogen-bond acceptors (Lipinski definition) is 2. The van der Waals surface area contributed by atoms with Crippen LogP contribution in [0.5, 0.6) is 0 Å². The molecule has 0 saturated carbocycles. The number of nitrogens with zero attached hydrogens (tertiary/aromatic N) is 2. The van der Waals surface area contributed by atoms with E-state index in [-0.39, 0.29) is 29.9 Å². The SMILES string of the molecule is [CH2-][NH2+]C(=O)CN1CCC[N+](C)(C)CC1.[I-]. The number of amides is 1. The first-order valence-corrected chi connectivity index (χ1v) is 5.23. The first-order chi connectivity index (χ1) is 6.53. The van der Waals surface area contributed by atoms with Gasteiger partial charge in [0.1, 0.15) is 6.54 Å². The third-order valence-corrected chi connectivity index (χ3v) is 2.87. The van der Waals surface area contributed by atoms with E-state index in [9.17, 15) is 4.79 Å². The van der Waals surface area contributed by atoms with E-state index in [4.69, 9.17) is 0 Å². The fourth-order valence-corrected chi connectivity index (χ4v) is 1.80. The van der Waals surface area contributed by atoms with E-state index in [1.165, 1.54) is 18.3 Å². The predicted molar refractivity (Wildman–Crippen MR) is 55.2 cm³/mol. The zero-order valence-corrected chi connectivity index (χ0v) is 11.9. The lowest BCUT2D eigenvalue weighted by Gasteiger charge is -2.27. The van der Waals surface area contributed by atoms with Crippen molar-refractivity contribution in [2.45, 2.75) is 6.42 Å². The molecule has 1 aliphatic heterocycles. The Balaban J connectivity index is 0.00000196. The number of quaternary nitrogens is 2. The lowest BCUT2D eigenvalue weighted by Crippen LogP contribution is -3.00. The molecule has 15 heavy (non-hydrogen) atoms. The zero-order valence-electron chi connectivity index (χ0n) is 9.71. The molecular weight excluding hydrogens is 305 g/mol. The van der Waals surface area contributed by atoms with E-state index in [0.717, 1.165) is 24.1 Å². The molecule has 0 unspecified atom stereocenters. The molecule has 1 fully saturated rings. The molecule has 4 nitrogen and oxygen atoms in total. The summed E-state index contributed by atoms with van der Waals surface area (Å²) in [5.74, 6) is 0.136. The Morgan fingerprint density at radius 1 is 1.40 bits per heavy atom. The summed E-state index contributed by atoms with van der Waals surface area (Å²) in [7, 11) is 8.00. The molecule has 0 aromatic heterocycles. The molecule has 0 bridgehead atoms. The van der Waals surface area contributed by atoms with Gasteiger partial charge in [0.05, 0.1) is 27.2 Å². The summed E-state index contributed by atoms with van der Waals surface area (Å²) in [5.41, 5.74) is 0. The average Bonchev–Trinajstić information content (AvgIpc) is 2.28. The van der Waals surface area contributed by atoms with Crippen molar-refractivity contribution in [3.63, 3.8) is 0 Å². The Labute approximate surface area is 110 Å². The number of primary amides is 1. The topological polar surface area (TPSA) is 36.9 Å². The normalized spacial score (nSPS) is 21.5. The lowest BCUT2D eigenvalue weighted by atomic mass is 10.3. The molecule has 2 N–H and O–H groups in total. The van der Waals surface area contributed by atoms with Gasteiger partial charge in [0.2, 0.25) is 0 Å². The molecule has 0 aromatic carbocycles. The molecule has 1 amide bonds. The van der Waals surface area contributed by atoms with E-state index in [1.54, 1.807) is 0 Å². The quantitative estimate of drug-likeness (QED) is 0.316. The lowest BCUT2D eigenvalue weighted by molar-refractivity contribution is -0.888. The highest BCUT2D eigenvalue weighted by Crippen LogP contribution is 2.06. The summed E-state index contributed by atoms with van der Waals surface area (Å²) < 4.78 is 1.07. The van der Waals surface area contributed by atoms with Gasteiger partial charge in [-0.1, -0.05) is 0 Å². The van der Waals surface area contributed by atoms with Crippen LogP contribution in [0.3, 0.4) is 0 Å². The largest absolute Gasteiger partial charge is 1.00 e. The number of carbonyl (C=O) groups is 1. The monoisotopic (exact) mass is 327 g/mol. The van der Waals surface area contributed by atoms with E-state index >= 15 is 0 Å². The highest BCUT2D eigenvalue weighted by molar-refractivity contribution is 5.67. The maximum Gasteiger partial charge on any atom is 0.298 e. The molecule has 90 valence electrons. The van der Waals surface area contributed by atoms with Gasteiger partial charge in [-0.2, -0.15) is 0 Å². The summed E-state index contributed by atoms with van der Waals surface area (Å²) in [4.78, 5) is 13.4. The summed E-state index contributed by atoms with van der Waals surface area (Å²) in [6, 6.07) is 0. The van der Waals surface area contributed by atoms with Crippen molar-refractivity contribution >= 4 is 5.91 Å². The number of nitrogens with two attached hydrogens (primary N) is 1. The van der Waals surface area contributed by atoms with Crippen LogP contribution in [0, 0.1) is 7.05 Å². The molecule has 0 spiro atoms. The van der Waals surface area contributed by atoms with Crippen molar-refractivity contribution < 1.29 is 38.6 Å². The van der Waals surface area contributed by atoms with Gasteiger partial charge in [-0.25, -0.2) is 4.79 Å². The summed E-state index contributed by atoms with van der Waals surface area (Å²) in [6.45, 7) is 4.94. The molecule has 0 radical (unpaired) electrons. The van der Waals surface area contributed by atoms with E-state index in [0.29, 0.717) is 6.54 Å². The number of likely N-dealkylation sites (N-methyl/N-ethyl adjacent to an activating group) is 1. The summed E-state index contributed by atoms with van der Waals surface area (Å²) >= 11 is 0. The molecule has 0 aliphatic carbocycles. The second kappa shape index (κ2) is 6.78. The van der Waals surface area contributed by atoms with E-state index in [2.05, 4.69) is 26.0 Å². The molecule has 1 heterocycles. The Hall–Kier alpha value is 0.280. The van der Waals surface area contributed by atoms with Crippen molar-refractivity contribution in [1.29, 1.82) is 0 Å². The Morgan fingerprint density at radius 3 is 2.67 bits per heavy atom. The second-order valence-corrected chi connectivity index (χ2v) is 4.68. The fourth-order valence-electron chi connectivity index (χ4n) is 1.80. The minimum absolute atomic E-state index is 0. The second-order valence-electron chi connectivity index (χ2n) is 4.68. The van der Waals surface area contributed by atoms with E-state index in [1.807, 2.05) is 0 Å². The maximum atomic E-state index is 11.2. The van der Waals surface area contributed by atoms with Gasteiger partial charge in [-0.05, 0) is 0 Å². The van der Waals surface area contributed by atoms with Crippen LogP contribution in [0.4, 0.5) is 0 Å². The first kappa shape index (κ1) is 15.3. The number of rotatable bonds is 2. The smallest absolute Gasteiger partial charge is 0.298 e. The van der Waals surface area contributed by atoms with Crippen molar-refractivity contribution in [3.05, 3.63) is 7.05 Å². The molecule has 0 atom stereocenters. The predicted octanol–water partition coefficient (Wildman–Crippen LogP) is -4.35. The van der Waals surface area contributed by atoms with Crippen LogP contribution in [0.25, 0.3) is 0 Å². The number of carbonyl (C=O) groups excluding carboxylic acids is 1. The molecule has 1 aliphatic rings. The van der Waals surface area contributed by atoms with Crippen LogP contribution in [-0.2, 0) is 4.79 Å². The highest BCUT2D eigenvalue weighted by atomic mass is 127. The fraction of sp³-hybridized carbons (Fsp3) is 0.800.